The summed E-state index contributed by atoms with van der Waals surface area (Å²) >= 11 is 0. The van der Waals surface area contributed by atoms with Gasteiger partial charge in [0.05, 0.1) is 0 Å². The van der Waals surface area contributed by atoms with Crippen LogP contribution in [0.1, 0.15) is 52.0 Å². The summed E-state index contributed by atoms with van der Waals surface area (Å²) < 4.78 is 10.8. The highest BCUT2D eigenvalue weighted by Gasteiger charge is 2.49. The minimum absolute atomic E-state index is 0.0876. The molecule has 2 amide bonds. The van der Waals surface area contributed by atoms with Gasteiger partial charge in [-0.3, -0.25) is 0 Å². The van der Waals surface area contributed by atoms with Crippen LogP contribution in [0.2, 0.25) is 0 Å². The molecule has 1 aromatic carbocycles. The Morgan fingerprint density at radius 1 is 1.15 bits per heavy atom. The summed E-state index contributed by atoms with van der Waals surface area (Å²) in [6, 6.07) is 9.79. The predicted octanol–water partition coefficient (Wildman–Crippen LogP) is 4.09. The normalized spacial score (nSPS) is 21.3. The van der Waals surface area contributed by atoms with Crippen molar-refractivity contribution in [2.75, 3.05) is 13.1 Å². The summed E-state index contributed by atoms with van der Waals surface area (Å²) in [5.41, 5.74) is 0.584. The van der Waals surface area contributed by atoms with Crippen LogP contribution in [0.15, 0.2) is 30.3 Å². The van der Waals surface area contributed by atoms with E-state index in [0.29, 0.717) is 13.1 Å². The van der Waals surface area contributed by atoms with Gasteiger partial charge in [-0.1, -0.05) is 30.3 Å². The van der Waals surface area contributed by atoms with E-state index < -0.39 is 5.60 Å². The molecule has 1 spiro atoms. The van der Waals surface area contributed by atoms with E-state index >= 15 is 0 Å². The number of rotatable bonds is 3. The van der Waals surface area contributed by atoms with Crippen LogP contribution in [0.3, 0.4) is 0 Å². The maximum absolute atomic E-state index is 12.2. The number of likely N-dealkylation sites (tertiary alicyclic amines) is 1. The molecule has 3 rings (SSSR count). The third kappa shape index (κ3) is 4.93. The number of carbonyl (C=O) groups excluding carboxylic acids is 2. The summed E-state index contributed by atoms with van der Waals surface area (Å²) in [5.74, 6) is 0. The number of piperidine rings is 1. The van der Waals surface area contributed by atoms with Gasteiger partial charge in [-0.05, 0) is 57.4 Å². The van der Waals surface area contributed by atoms with Crippen molar-refractivity contribution in [3.05, 3.63) is 35.9 Å². The zero-order valence-electron chi connectivity index (χ0n) is 16.5. The number of nitrogens with zero attached hydrogens (tertiary/aromatic N) is 1. The van der Waals surface area contributed by atoms with Crippen molar-refractivity contribution in [2.45, 2.75) is 64.7 Å². The fourth-order valence-corrected chi connectivity index (χ4v) is 3.89. The molecular formula is C21H30N2O4. The van der Waals surface area contributed by atoms with Gasteiger partial charge in [0.2, 0.25) is 0 Å². The Balaban J connectivity index is 1.45. The highest BCUT2D eigenvalue weighted by molar-refractivity contribution is 5.69. The molecule has 27 heavy (non-hydrogen) atoms. The molecule has 1 heterocycles. The van der Waals surface area contributed by atoms with E-state index in [1.165, 1.54) is 0 Å². The molecule has 1 aliphatic carbocycles. The monoisotopic (exact) mass is 374 g/mol. The number of hydrogen-bond acceptors (Lipinski definition) is 4. The van der Waals surface area contributed by atoms with Crippen LogP contribution in [0.25, 0.3) is 0 Å². The summed E-state index contributed by atoms with van der Waals surface area (Å²) in [7, 11) is 0. The van der Waals surface area contributed by atoms with Crippen molar-refractivity contribution in [3.8, 4) is 0 Å². The van der Waals surface area contributed by atoms with Crippen LogP contribution < -0.4 is 5.32 Å². The lowest BCUT2D eigenvalue weighted by Crippen LogP contribution is -2.59. The summed E-state index contributed by atoms with van der Waals surface area (Å²) in [6.07, 6.45) is 3.21. The minimum Gasteiger partial charge on any atom is -0.445 e. The predicted molar refractivity (Wildman–Crippen MR) is 102 cm³/mol. The van der Waals surface area contributed by atoms with Crippen LogP contribution in [0.4, 0.5) is 9.59 Å². The van der Waals surface area contributed by atoms with Gasteiger partial charge in [0, 0.05) is 19.1 Å². The van der Waals surface area contributed by atoms with Crippen molar-refractivity contribution < 1.29 is 19.1 Å². The number of ether oxygens (including phenoxy) is 2. The molecule has 1 saturated carbocycles. The van der Waals surface area contributed by atoms with Crippen LogP contribution in [-0.4, -0.2) is 41.8 Å². The Morgan fingerprint density at radius 2 is 1.81 bits per heavy atom. The lowest BCUT2D eigenvalue weighted by Gasteiger charge is -2.53. The van der Waals surface area contributed by atoms with Gasteiger partial charge in [-0.2, -0.15) is 0 Å². The van der Waals surface area contributed by atoms with E-state index in [4.69, 9.17) is 9.47 Å². The summed E-state index contributed by atoms with van der Waals surface area (Å²) in [5, 5.41) is 3.03. The third-order valence-electron chi connectivity index (χ3n) is 5.59. The summed E-state index contributed by atoms with van der Waals surface area (Å²) in [6.45, 7) is 7.26. The average molecular weight is 374 g/mol. The van der Waals surface area contributed by atoms with E-state index in [9.17, 15) is 9.59 Å². The van der Waals surface area contributed by atoms with Gasteiger partial charge in [0.25, 0.3) is 0 Å². The Bertz CT molecular complexity index is 661. The topological polar surface area (TPSA) is 67.9 Å². The highest BCUT2D eigenvalue weighted by atomic mass is 16.6. The van der Waals surface area contributed by atoms with E-state index in [-0.39, 0.29) is 30.3 Å². The average Bonchev–Trinajstić information content (AvgIpc) is 2.63. The lowest BCUT2D eigenvalue weighted by atomic mass is 9.59. The quantitative estimate of drug-likeness (QED) is 0.865. The van der Waals surface area contributed by atoms with Crippen molar-refractivity contribution in [2.24, 2.45) is 5.41 Å². The van der Waals surface area contributed by atoms with Crippen LogP contribution in [0, 0.1) is 5.41 Å². The Labute approximate surface area is 161 Å². The van der Waals surface area contributed by atoms with Gasteiger partial charge in [0.1, 0.15) is 12.2 Å². The van der Waals surface area contributed by atoms with Crippen molar-refractivity contribution in [3.63, 3.8) is 0 Å². The maximum Gasteiger partial charge on any atom is 0.410 e. The molecule has 148 valence electrons. The second-order valence-corrected chi connectivity index (χ2v) is 8.63. The second kappa shape index (κ2) is 7.79. The SMILES string of the molecule is CC(C)(C)OC(=O)N1CCC2(CCC2NC(=O)OCc2ccccc2)CC1. The fourth-order valence-electron chi connectivity index (χ4n) is 3.89. The molecule has 1 unspecified atom stereocenters. The van der Waals surface area contributed by atoms with Gasteiger partial charge in [-0.15, -0.1) is 0 Å². The molecule has 2 fully saturated rings. The second-order valence-electron chi connectivity index (χ2n) is 8.63. The molecule has 0 aromatic heterocycles. The van der Waals surface area contributed by atoms with E-state index in [0.717, 1.165) is 31.2 Å². The Kier molecular flexibility index (Phi) is 5.63. The first-order valence-electron chi connectivity index (χ1n) is 9.73. The number of nitrogens with one attached hydrogen (secondary N) is 1. The first-order valence-corrected chi connectivity index (χ1v) is 9.73. The maximum atomic E-state index is 12.2. The highest BCUT2D eigenvalue weighted by Crippen LogP contribution is 2.49. The van der Waals surface area contributed by atoms with E-state index in [2.05, 4.69) is 5.32 Å². The first-order chi connectivity index (χ1) is 12.8. The van der Waals surface area contributed by atoms with Crippen molar-refractivity contribution in [1.82, 2.24) is 10.2 Å². The molecule has 0 bridgehead atoms. The Hall–Kier alpha value is -2.24. The molecule has 2 aliphatic rings. The number of carbonyl (C=O) groups is 2. The smallest absolute Gasteiger partial charge is 0.410 e. The largest absolute Gasteiger partial charge is 0.445 e. The number of amides is 2. The van der Waals surface area contributed by atoms with Gasteiger partial charge in [-0.25, -0.2) is 9.59 Å². The standard InChI is InChI=1S/C21H30N2O4/c1-20(2,3)27-19(25)23-13-11-21(12-14-23)10-9-17(21)22-18(24)26-15-16-7-5-4-6-8-16/h4-8,17H,9-15H2,1-3H3,(H,22,24). The first kappa shape index (κ1) is 19.5. The number of hydrogen-bond donors (Lipinski definition) is 1. The van der Waals surface area contributed by atoms with Crippen LogP contribution in [0.5, 0.6) is 0 Å². The molecule has 6 heteroatoms. The zero-order valence-corrected chi connectivity index (χ0v) is 16.5. The lowest BCUT2D eigenvalue weighted by molar-refractivity contribution is -0.0238. The minimum atomic E-state index is -0.477. The fraction of sp³-hybridized carbons (Fsp3) is 0.619. The zero-order chi connectivity index (χ0) is 19.5. The van der Waals surface area contributed by atoms with Crippen molar-refractivity contribution in [1.29, 1.82) is 0 Å². The number of alkyl carbamates (subject to hydrolysis) is 1. The third-order valence-corrected chi connectivity index (χ3v) is 5.59. The number of benzene rings is 1. The van der Waals surface area contributed by atoms with Gasteiger partial charge < -0.3 is 19.7 Å². The van der Waals surface area contributed by atoms with Crippen LogP contribution in [-0.2, 0) is 16.1 Å². The molecule has 1 saturated heterocycles. The Morgan fingerprint density at radius 3 is 2.37 bits per heavy atom. The van der Waals surface area contributed by atoms with Crippen molar-refractivity contribution >= 4 is 12.2 Å². The van der Waals surface area contributed by atoms with E-state index in [1.807, 2.05) is 51.1 Å². The molecule has 1 atom stereocenters. The molecule has 1 aliphatic heterocycles. The van der Waals surface area contributed by atoms with Gasteiger partial charge in [0.15, 0.2) is 0 Å². The molecule has 1 aromatic rings. The van der Waals surface area contributed by atoms with Gasteiger partial charge >= 0.3 is 12.2 Å². The molecule has 1 N–H and O–H groups in total. The van der Waals surface area contributed by atoms with E-state index in [1.54, 1.807) is 4.90 Å². The van der Waals surface area contributed by atoms with Crippen LogP contribution >= 0.6 is 0 Å². The molecule has 6 nitrogen and oxygen atoms in total. The summed E-state index contributed by atoms with van der Waals surface area (Å²) in [4.78, 5) is 26.2. The molecule has 0 radical (unpaired) electrons. The molecular weight excluding hydrogens is 344 g/mol.